The molecule has 3 aromatic rings. The zero-order valence-electron chi connectivity index (χ0n) is 20.1. The van der Waals surface area contributed by atoms with Crippen LogP contribution in [0.2, 0.25) is 0 Å². The van der Waals surface area contributed by atoms with Gasteiger partial charge in [0.15, 0.2) is 11.4 Å². The Bertz CT molecular complexity index is 1310. The molecule has 1 amide bonds. The highest BCUT2D eigenvalue weighted by atomic mass is 16.6. The molecule has 1 aliphatic rings. The predicted molar refractivity (Wildman–Crippen MR) is 130 cm³/mol. The molecule has 1 aromatic heterocycles. The Balaban J connectivity index is 1.73. The molecular formula is C27H28N2O6. The highest BCUT2D eigenvalue weighted by Gasteiger charge is 2.58. The molecule has 1 heterocycles. The number of hydrogen-bond acceptors (Lipinski definition) is 6. The van der Waals surface area contributed by atoms with Crippen LogP contribution >= 0.6 is 0 Å². The summed E-state index contributed by atoms with van der Waals surface area (Å²) in [6, 6.07) is 15.5. The van der Waals surface area contributed by atoms with Crippen molar-refractivity contribution in [2.75, 3.05) is 7.11 Å². The van der Waals surface area contributed by atoms with Gasteiger partial charge in [0.25, 0.3) is 5.91 Å². The summed E-state index contributed by atoms with van der Waals surface area (Å²) in [6.07, 6.45) is 2.94. The van der Waals surface area contributed by atoms with E-state index in [2.05, 4.69) is 10.3 Å². The second-order valence-electron chi connectivity index (χ2n) is 9.15. The molecule has 0 aliphatic heterocycles. The van der Waals surface area contributed by atoms with E-state index < -0.39 is 34.7 Å². The second-order valence-corrected chi connectivity index (χ2v) is 9.15. The lowest BCUT2D eigenvalue weighted by Gasteiger charge is -2.38. The minimum absolute atomic E-state index is 0.139. The highest BCUT2D eigenvalue weighted by Crippen LogP contribution is 2.58. The first kappa shape index (κ1) is 24.2. The summed E-state index contributed by atoms with van der Waals surface area (Å²) in [7, 11) is 1.37. The van der Waals surface area contributed by atoms with Crippen LogP contribution in [0.5, 0.6) is 11.5 Å². The van der Waals surface area contributed by atoms with E-state index in [1.54, 1.807) is 0 Å². The fourth-order valence-corrected chi connectivity index (χ4v) is 4.92. The molecule has 0 saturated heterocycles. The Morgan fingerprint density at radius 3 is 2.43 bits per heavy atom. The van der Waals surface area contributed by atoms with Crippen LogP contribution in [0, 0.1) is 5.92 Å². The summed E-state index contributed by atoms with van der Waals surface area (Å²) in [5, 5.41) is 15.2. The molecule has 1 aliphatic carbocycles. The first-order valence-corrected chi connectivity index (χ1v) is 11.4. The van der Waals surface area contributed by atoms with Crippen LogP contribution in [-0.2, 0) is 15.0 Å². The van der Waals surface area contributed by atoms with E-state index in [-0.39, 0.29) is 17.2 Å². The third-order valence-electron chi connectivity index (χ3n) is 7.18. The van der Waals surface area contributed by atoms with Crippen molar-refractivity contribution in [3.8, 4) is 11.5 Å². The van der Waals surface area contributed by atoms with Crippen molar-refractivity contribution >= 4 is 28.6 Å². The van der Waals surface area contributed by atoms with Gasteiger partial charge in [0.1, 0.15) is 5.54 Å². The number of hydrogen-bond donors (Lipinski definition) is 2. The fourth-order valence-electron chi connectivity index (χ4n) is 4.92. The summed E-state index contributed by atoms with van der Waals surface area (Å²) in [4.78, 5) is 41.7. The molecule has 182 valence electrons. The smallest absolute Gasteiger partial charge is 0.329 e. The Hall–Kier alpha value is -3.94. The largest absolute Gasteiger partial charge is 0.493 e. The van der Waals surface area contributed by atoms with Gasteiger partial charge in [0.2, 0.25) is 5.75 Å². The van der Waals surface area contributed by atoms with Crippen molar-refractivity contribution in [3.05, 3.63) is 66.0 Å². The number of carboxylic acid groups (broad SMARTS) is 1. The van der Waals surface area contributed by atoms with Gasteiger partial charge in [-0.1, -0.05) is 49.4 Å². The number of rotatable bonds is 8. The van der Waals surface area contributed by atoms with E-state index in [0.29, 0.717) is 0 Å². The van der Waals surface area contributed by atoms with Gasteiger partial charge in [-0.15, -0.1) is 0 Å². The summed E-state index contributed by atoms with van der Waals surface area (Å²) in [5.41, 5.74) is -1.20. The normalized spacial score (nSPS) is 16.6. The number of benzene rings is 2. The SMILES string of the molecule is COc1ccnc(C(=O)NC(C)(C(=O)O)[C@@H](C)C2(c3cccc4ccccc34)CC2)c1OC(C)=O. The second kappa shape index (κ2) is 9.02. The lowest BCUT2D eigenvalue weighted by molar-refractivity contribution is -0.146. The Morgan fingerprint density at radius 1 is 1.11 bits per heavy atom. The molecule has 1 saturated carbocycles. The number of nitrogens with one attached hydrogen (secondary N) is 1. The summed E-state index contributed by atoms with van der Waals surface area (Å²) in [5.74, 6) is -3.08. The van der Waals surface area contributed by atoms with Crippen LogP contribution in [0.25, 0.3) is 10.8 Å². The molecule has 35 heavy (non-hydrogen) atoms. The van der Waals surface area contributed by atoms with E-state index in [9.17, 15) is 19.5 Å². The van der Waals surface area contributed by atoms with E-state index in [1.165, 1.54) is 33.2 Å². The van der Waals surface area contributed by atoms with Crippen LogP contribution in [0.3, 0.4) is 0 Å². The molecule has 0 radical (unpaired) electrons. The molecule has 2 aromatic carbocycles. The van der Waals surface area contributed by atoms with Gasteiger partial charge in [0.05, 0.1) is 7.11 Å². The van der Waals surface area contributed by atoms with E-state index in [0.717, 1.165) is 29.2 Å². The van der Waals surface area contributed by atoms with Gasteiger partial charge >= 0.3 is 11.9 Å². The standard InChI is InChI=1S/C27H28N2O6/c1-16(27(13-14-27)20-11-7-9-18-8-5-6-10-19(18)20)26(3,25(32)33)29-24(31)22-23(35-17(2)30)21(34-4)12-15-28-22/h5-12,15-16H,13-14H2,1-4H3,(H,29,31)(H,32,33)/t16-,26?/m1/s1. The molecular weight excluding hydrogens is 448 g/mol. The van der Waals surface area contributed by atoms with Crippen molar-refractivity contribution in [1.82, 2.24) is 10.3 Å². The molecule has 0 spiro atoms. The van der Waals surface area contributed by atoms with Gasteiger partial charge < -0.3 is 19.9 Å². The number of methoxy groups -OCH3 is 1. The molecule has 1 unspecified atom stereocenters. The average molecular weight is 477 g/mol. The molecule has 4 rings (SSSR count). The van der Waals surface area contributed by atoms with E-state index in [1.807, 2.05) is 49.4 Å². The zero-order valence-corrected chi connectivity index (χ0v) is 20.1. The number of nitrogens with zero attached hydrogens (tertiary/aromatic N) is 1. The van der Waals surface area contributed by atoms with Crippen LogP contribution in [0.4, 0.5) is 0 Å². The maximum atomic E-state index is 13.4. The van der Waals surface area contributed by atoms with Crippen molar-refractivity contribution in [3.63, 3.8) is 0 Å². The number of esters is 1. The number of pyridine rings is 1. The minimum atomic E-state index is -1.64. The first-order valence-electron chi connectivity index (χ1n) is 11.4. The first-order chi connectivity index (χ1) is 16.6. The molecule has 8 heteroatoms. The maximum absolute atomic E-state index is 13.4. The summed E-state index contributed by atoms with van der Waals surface area (Å²) in [6.45, 7) is 4.56. The topological polar surface area (TPSA) is 115 Å². The van der Waals surface area contributed by atoms with Gasteiger partial charge in [-0.3, -0.25) is 9.59 Å². The maximum Gasteiger partial charge on any atom is 0.329 e. The number of fused-ring (bicyclic) bond motifs is 1. The zero-order chi connectivity index (χ0) is 25.4. The van der Waals surface area contributed by atoms with E-state index in [4.69, 9.17) is 9.47 Å². The van der Waals surface area contributed by atoms with Gasteiger partial charge in [-0.25, -0.2) is 9.78 Å². The monoisotopic (exact) mass is 476 g/mol. The van der Waals surface area contributed by atoms with Crippen molar-refractivity contribution in [1.29, 1.82) is 0 Å². The Labute approximate surface area is 203 Å². The van der Waals surface area contributed by atoms with Crippen molar-refractivity contribution in [2.45, 2.75) is 44.6 Å². The van der Waals surface area contributed by atoms with Crippen LogP contribution < -0.4 is 14.8 Å². The quantitative estimate of drug-likeness (QED) is 0.470. The molecule has 2 N–H and O–H groups in total. The Kier molecular flexibility index (Phi) is 6.23. The number of carbonyl (C=O) groups is 3. The van der Waals surface area contributed by atoms with E-state index >= 15 is 0 Å². The van der Waals surface area contributed by atoms with Gasteiger partial charge in [0, 0.05) is 24.6 Å². The number of ether oxygens (including phenoxy) is 2. The third-order valence-corrected chi connectivity index (χ3v) is 7.18. The van der Waals surface area contributed by atoms with Crippen LogP contribution in [-0.4, -0.2) is 40.6 Å². The predicted octanol–water partition coefficient (Wildman–Crippen LogP) is 4.11. The average Bonchev–Trinajstić information content (AvgIpc) is 3.64. The number of amides is 1. The Morgan fingerprint density at radius 2 is 1.80 bits per heavy atom. The van der Waals surface area contributed by atoms with Crippen molar-refractivity contribution in [2.24, 2.45) is 5.92 Å². The third kappa shape index (κ3) is 4.20. The summed E-state index contributed by atoms with van der Waals surface area (Å²) < 4.78 is 10.4. The van der Waals surface area contributed by atoms with Crippen LogP contribution in [0.15, 0.2) is 54.7 Å². The number of carbonyl (C=O) groups excluding carboxylic acids is 2. The number of aromatic nitrogens is 1. The van der Waals surface area contributed by atoms with Crippen molar-refractivity contribution < 1.29 is 29.0 Å². The molecule has 2 atom stereocenters. The fraction of sp³-hybridized carbons (Fsp3) is 0.333. The van der Waals surface area contributed by atoms with Gasteiger partial charge in [-0.2, -0.15) is 0 Å². The molecule has 8 nitrogen and oxygen atoms in total. The highest BCUT2D eigenvalue weighted by molar-refractivity contribution is 6.00. The minimum Gasteiger partial charge on any atom is -0.493 e. The van der Waals surface area contributed by atoms with Gasteiger partial charge in [-0.05, 0) is 42.0 Å². The lowest BCUT2D eigenvalue weighted by Crippen LogP contribution is -2.59. The lowest BCUT2D eigenvalue weighted by atomic mass is 9.71. The number of carboxylic acids is 1. The van der Waals surface area contributed by atoms with Crippen LogP contribution in [0.1, 0.15) is 49.7 Å². The molecule has 0 bridgehead atoms. The number of aliphatic carboxylic acids is 1. The molecule has 1 fully saturated rings. The summed E-state index contributed by atoms with van der Waals surface area (Å²) >= 11 is 0.